The summed E-state index contributed by atoms with van der Waals surface area (Å²) in [7, 11) is -5.01. The molecule has 0 spiro atoms. The highest BCUT2D eigenvalue weighted by atomic mass is 32.2. The van der Waals surface area contributed by atoms with Crippen LogP contribution in [-0.4, -0.2) is 95.9 Å². The summed E-state index contributed by atoms with van der Waals surface area (Å²) in [4.78, 5) is 66.0. The molecule has 0 radical (unpaired) electrons. The fourth-order valence-electron chi connectivity index (χ4n) is 6.02. The van der Waals surface area contributed by atoms with Gasteiger partial charge in [0, 0.05) is 6.54 Å². The first-order valence-electron chi connectivity index (χ1n) is 17.5. The number of nitrogens with zero attached hydrogens (tertiary/aromatic N) is 1. The molecule has 0 aliphatic carbocycles. The monoisotopic (exact) mass is 767 g/mol. The van der Waals surface area contributed by atoms with Crippen molar-refractivity contribution in [2.45, 2.75) is 136 Å². The van der Waals surface area contributed by atoms with Gasteiger partial charge in [-0.3, -0.25) is 24.6 Å². The number of benzene rings is 1. The molecule has 3 amide bonds. The molecule has 2 rings (SSSR count). The Hall–Kier alpha value is -4.45. The first-order chi connectivity index (χ1) is 24.2. The van der Waals surface area contributed by atoms with E-state index in [1.54, 1.807) is 41.5 Å². The minimum Gasteiger partial charge on any atom is -0.487 e. The van der Waals surface area contributed by atoms with E-state index in [0.29, 0.717) is 36.1 Å². The van der Waals surface area contributed by atoms with E-state index in [-0.39, 0.29) is 39.3 Å². The number of nitrogens with one attached hydrogen (secondary N) is 4. The maximum absolute atomic E-state index is 14.8. The Kier molecular flexibility index (Phi) is 14.8. The van der Waals surface area contributed by atoms with Crippen molar-refractivity contribution in [1.29, 1.82) is 5.41 Å². The molecule has 0 saturated heterocycles. The molecule has 0 saturated carbocycles. The van der Waals surface area contributed by atoms with Gasteiger partial charge >= 0.3 is 11.9 Å². The van der Waals surface area contributed by atoms with Gasteiger partial charge in [0.15, 0.2) is 5.96 Å². The number of sulfonamides is 1. The number of nitrogens with two attached hydrogens (primary N) is 2. The third-order valence-electron chi connectivity index (χ3n) is 8.73. The van der Waals surface area contributed by atoms with E-state index in [9.17, 15) is 37.5 Å². The third-order valence-corrected chi connectivity index (χ3v) is 10.8. The van der Waals surface area contributed by atoms with Crippen LogP contribution in [-0.2, 0) is 45.2 Å². The second-order valence-corrected chi connectivity index (χ2v) is 17.0. The summed E-state index contributed by atoms with van der Waals surface area (Å²) in [5.74, 6) is -6.38. The molecular formula is C35H57N7O10S. The Balaban J connectivity index is 2.62. The molecule has 9 N–H and O–H groups in total. The van der Waals surface area contributed by atoms with Crippen molar-refractivity contribution in [3.63, 3.8) is 0 Å². The van der Waals surface area contributed by atoms with Crippen molar-refractivity contribution in [1.82, 2.24) is 20.3 Å². The molecule has 1 aliphatic rings. The number of ether oxygens (including phenoxy) is 2. The molecule has 1 heterocycles. The van der Waals surface area contributed by atoms with E-state index in [1.807, 2.05) is 13.8 Å². The number of carboxylic acid groups (broad SMARTS) is 1. The summed E-state index contributed by atoms with van der Waals surface area (Å²) in [6, 6.07) is -4.92. The van der Waals surface area contributed by atoms with Crippen LogP contribution >= 0.6 is 0 Å². The summed E-state index contributed by atoms with van der Waals surface area (Å²) >= 11 is 0. The number of hydrogen-bond acceptors (Lipinski definition) is 11. The number of hydrogen-bond donors (Lipinski definition) is 7. The molecule has 18 heteroatoms. The van der Waals surface area contributed by atoms with Gasteiger partial charge in [0.1, 0.15) is 29.0 Å². The van der Waals surface area contributed by atoms with Gasteiger partial charge in [-0.15, -0.1) is 0 Å². The van der Waals surface area contributed by atoms with Crippen molar-refractivity contribution in [3.05, 3.63) is 22.3 Å². The predicted molar refractivity (Wildman–Crippen MR) is 197 cm³/mol. The lowest BCUT2D eigenvalue weighted by atomic mass is 9.88. The van der Waals surface area contributed by atoms with Gasteiger partial charge in [0.2, 0.25) is 11.8 Å². The molecule has 1 aromatic carbocycles. The van der Waals surface area contributed by atoms with E-state index < -0.39 is 87.9 Å². The second-order valence-electron chi connectivity index (χ2n) is 15.3. The molecule has 298 valence electrons. The molecule has 1 aromatic rings. The Bertz CT molecular complexity index is 1700. The maximum atomic E-state index is 14.8. The number of carbonyl (C=O) groups is 5. The van der Waals surface area contributed by atoms with Gasteiger partial charge in [-0.05, 0) is 109 Å². The number of aliphatic carboxylic acids is 1. The standard InChI is InChI=1S/C35H57N7O10S/c1-18(2)27(32(47)48)42(53(49,50)29-20(4)19(3)28-22(21(29)5)13-14-35(9,10)52-28)31(46)24(16-26(44)51-34(6,7)8)41-25(43)17-40-30(45)23(36)12-11-15-39-33(37)38/h18,23-24,27H,11-17,36H2,1-10H3,(H,40,45)(H,41,43)(H,47,48)(H4,37,38,39)/t23-,24-,27-/m0/s1. The van der Waals surface area contributed by atoms with Crippen molar-refractivity contribution in [2.24, 2.45) is 17.4 Å². The van der Waals surface area contributed by atoms with Crippen LogP contribution in [0.5, 0.6) is 5.75 Å². The van der Waals surface area contributed by atoms with Crippen molar-refractivity contribution in [3.8, 4) is 5.75 Å². The number of esters is 1. The van der Waals surface area contributed by atoms with Crippen LogP contribution in [0.1, 0.15) is 96.4 Å². The molecule has 0 aromatic heterocycles. The third kappa shape index (κ3) is 11.8. The topological polar surface area (TPSA) is 273 Å². The van der Waals surface area contributed by atoms with E-state index in [0.717, 1.165) is 0 Å². The lowest BCUT2D eigenvalue weighted by molar-refractivity contribution is -0.157. The van der Waals surface area contributed by atoms with Gasteiger partial charge in [0.25, 0.3) is 15.9 Å². The average Bonchev–Trinajstić information content (AvgIpc) is 3.00. The molecule has 17 nitrogen and oxygen atoms in total. The van der Waals surface area contributed by atoms with Crippen LogP contribution in [0.4, 0.5) is 0 Å². The summed E-state index contributed by atoms with van der Waals surface area (Å²) in [6.45, 7) is 15.8. The zero-order chi connectivity index (χ0) is 40.8. The van der Waals surface area contributed by atoms with Crippen LogP contribution in [0.25, 0.3) is 0 Å². The molecule has 0 bridgehead atoms. The zero-order valence-corrected chi connectivity index (χ0v) is 33.2. The van der Waals surface area contributed by atoms with Crippen LogP contribution in [0.2, 0.25) is 0 Å². The maximum Gasteiger partial charge on any atom is 0.327 e. The van der Waals surface area contributed by atoms with Crippen LogP contribution in [0, 0.1) is 32.1 Å². The zero-order valence-electron chi connectivity index (χ0n) is 32.4. The number of carboxylic acids is 1. The summed E-state index contributed by atoms with van der Waals surface area (Å²) in [6.07, 6.45) is 0.722. The van der Waals surface area contributed by atoms with Gasteiger partial charge in [-0.2, -0.15) is 0 Å². The van der Waals surface area contributed by atoms with Gasteiger partial charge < -0.3 is 42.0 Å². The van der Waals surface area contributed by atoms with E-state index in [4.69, 9.17) is 26.4 Å². The van der Waals surface area contributed by atoms with E-state index >= 15 is 0 Å². The van der Waals surface area contributed by atoms with Crippen molar-refractivity contribution < 1.29 is 47.0 Å². The minimum absolute atomic E-state index is 0.178. The van der Waals surface area contributed by atoms with Crippen LogP contribution in [0.3, 0.4) is 0 Å². The molecule has 0 fully saturated rings. The highest BCUT2D eigenvalue weighted by Crippen LogP contribution is 2.43. The molecule has 53 heavy (non-hydrogen) atoms. The summed E-state index contributed by atoms with van der Waals surface area (Å²) in [5.41, 5.74) is 11.2. The van der Waals surface area contributed by atoms with Gasteiger partial charge in [-0.1, -0.05) is 13.8 Å². The Morgan fingerprint density at radius 3 is 2.19 bits per heavy atom. The van der Waals surface area contributed by atoms with Gasteiger partial charge in [0.05, 0.1) is 23.9 Å². The largest absolute Gasteiger partial charge is 0.487 e. The lowest BCUT2D eigenvalue weighted by Gasteiger charge is -2.37. The summed E-state index contributed by atoms with van der Waals surface area (Å²) < 4.78 is 41.6. The molecule has 0 unspecified atom stereocenters. The van der Waals surface area contributed by atoms with Crippen molar-refractivity contribution in [2.75, 3.05) is 13.1 Å². The van der Waals surface area contributed by atoms with Crippen LogP contribution in [0.15, 0.2) is 4.90 Å². The molecule has 1 aliphatic heterocycles. The number of rotatable bonds is 16. The fraction of sp³-hybridized carbons (Fsp3) is 0.657. The summed E-state index contributed by atoms with van der Waals surface area (Å²) in [5, 5.41) is 24.8. The quantitative estimate of drug-likeness (QED) is 0.0541. The normalized spacial score (nSPS) is 15.5. The number of carbonyl (C=O) groups excluding carboxylic acids is 4. The first kappa shape index (κ1) is 44.7. The van der Waals surface area contributed by atoms with Crippen LogP contribution < -0.4 is 32.2 Å². The van der Waals surface area contributed by atoms with Gasteiger partial charge in [-0.25, -0.2) is 17.5 Å². The Labute approximate surface area is 311 Å². The number of fused-ring (bicyclic) bond motifs is 1. The van der Waals surface area contributed by atoms with Crippen molar-refractivity contribution >= 4 is 45.6 Å². The average molecular weight is 768 g/mol. The first-order valence-corrected chi connectivity index (χ1v) is 18.9. The Morgan fingerprint density at radius 1 is 1.06 bits per heavy atom. The predicted octanol–water partition coefficient (Wildman–Crippen LogP) is 1.27. The molecule has 3 atom stereocenters. The second kappa shape index (κ2) is 17.6. The smallest absolute Gasteiger partial charge is 0.327 e. The SMILES string of the molecule is Cc1c(C)c(S(=O)(=O)N(C(=O)[C@H](CC(=O)OC(C)(C)C)NC(=O)CNC(=O)[C@@H](N)CCCNC(=N)N)[C@H](C(=O)O)C(C)C)c(C)c2c1OC(C)(C)CC2. The van der Waals surface area contributed by atoms with E-state index in [2.05, 4.69) is 16.0 Å². The highest BCUT2D eigenvalue weighted by molar-refractivity contribution is 7.89. The molecular weight excluding hydrogens is 710 g/mol. The van der Waals surface area contributed by atoms with E-state index in [1.165, 1.54) is 13.8 Å². The fourth-order valence-corrected chi connectivity index (χ4v) is 8.26. The Morgan fingerprint density at radius 2 is 1.66 bits per heavy atom. The number of amides is 3. The number of guanidine groups is 1. The highest BCUT2D eigenvalue weighted by Gasteiger charge is 2.47. The minimum atomic E-state index is -5.01. The lowest BCUT2D eigenvalue weighted by Crippen LogP contribution is -2.59.